The van der Waals surface area contributed by atoms with E-state index in [-0.39, 0.29) is 0 Å². The van der Waals surface area contributed by atoms with Crippen molar-refractivity contribution in [1.29, 1.82) is 0 Å². The van der Waals surface area contributed by atoms with Crippen LogP contribution in [0.5, 0.6) is 11.5 Å². The molecule has 0 aliphatic carbocycles. The second kappa shape index (κ2) is 9.21. The van der Waals surface area contributed by atoms with E-state index in [4.69, 9.17) is 14.2 Å². The Morgan fingerprint density at radius 2 is 1.95 bits per heavy atom. The zero-order valence-electron chi connectivity index (χ0n) is 12.6. The molecule has 1 aromatic rings. The predicted octanol–water partition coefficient (Wildman–Crippen LogP) is 3.92. The highest BCUT2D eigenvalue weighted by Crippen LogP contribution is 2.31. The summed E-state index contributed by atoms with van der Waals surface area (Å²) in [5, 5.41) is 0. The number of ether oxygens (including phenoxy) is 3. The minimum atomic E-state index is 0.541. The molecule has 0 atom stereocenters. The van der Waals surface area contributed by atoms with Crippen LogP contribution in [0, 0.1) is 0 Å². The van der Waals surface area contributed by atoms with E-state index in [1.54, 1.807) is 13.2 Å². The Morgan fingerprint density at radius 1 is 1.20 bits per heavy atom. The lowest BCUT2D eigenvalue weighted by atomic mass is 10.0. The van der Waals surface area contributed by atoms with Crippen LogP contribution >= 0.6 is 0 Å². The van der Waals surface area contributed by atoms with Crippen LogP contribution in [-0.4, -0.2) is 20.3 Å². The van der Waals surface area contributed by atoms with Crippen molar-refractivity contribution in [1.82, 2.24) is 0 Å². The third-order valence-electron chi connectivity index (χ3n) is 2.85. The van der Waals surface area contributed by atoms with Crippen LogP contribution in [0.15, 0.2) is 36.9 Å². The van der Waals surface area contributed by atoms with Crippen LogP contribution in [0.1, 0.15) is 25.0 Å². The predicted molar refractivity (Wildman–Crippen MR) is 82.5 cm³/mol. The molecular weight excluding hydrogens is 252 g/mol. The van der Waals surface area contributed by atoms with Gasteiger partial charge in [0.25, 0.3) is 0 Å². The SMILES string of the molecule is C=CCOCc1cc(OCC)c(OC)cc1C/C=C/C. The third-order valence-corrected chi connectivity index (χ3v) is 2.85. The van der Waals surface area contributed by atoms with E-state index in [1.165, 1.54) is 5.56 Å². The summed E-state index contributed by atoms with van der Waals surface area (Å²) >= 11 is 0. The molecular formula is C17H24O3. The largest absolute Gasteiger partial charge is 0.493 e. The molecule has 0 radical (unpaired) electrons. The summed E-state index contributed by atoms with van der Waals surface area (Å²) in [5.41, 5.74) is 2.31. The van der Waals surface area contributed by atoms with E-state index in [0.717, 1.165) is 23.5 Å². The van der Waals surface area contributed by atoms with Crippen molar-refractivity contribution in [3.05, 3.63) is 48.1 Å². The summed E-state index contributed by atoms with van der Waals surface area (Å²) in [5.74, 6) is 1.52. The summed E-state index contributed by atoms with van der Waals surface area (Å²) in [6.07, 6.45) is 6.76. The lowest BCUT2D eigenvalue weighted by Gasteiger charge is -2.15. The van der Waals surface area contributed by atoms with Gasteiger partial charge in [0.1, 0.15) is 0 Å². The molecule has 3 nitrogen and oxygen atoms in total. The maximum absolute atomic E-state index is 5.62. The smallest absolute Gasteiger partial charge is 0.161 e. The molecule has 20 heavy (non-hydrogen) atoms. The van der Waals surface area contributed by atoms with Crippen molar-refractivity contribution in [3.63, 3.8) is 0 Å². The Bertz CT molecular complexity index is 450. The van der Waals surface area contributed by atoms with Crippen LogP contribution < -0.4 is 9.47 Å². The van der Waals surface area contributed by atoms with Gasteiger partial charge in [0.15, 0.2) is 11.5 Å². The van der Waals surface area contributed by atoms with Gasteiger partial charge in [-0.25, -0.2) is 0 Å². The van der Waals surface area contributed by atoms with E-state index >= 15 is 0 Å². The average molecular weight is 276 g/mol. The van der Waals surface area contributed by atoms with Gasteiger partial charge < -0.3 is 14.2 Å². The maximum Gasteiger partial charge on any atom is 0.161 e. The van der Waals surface area contributed by atoms with Gasteiger partial charge in [-0.15, -0.1) is 6.58 Å². The fourth-order valence-corrected chi connectivity index (χ4v) is 1.89. The second-order valence-electron chi connectivity index (χ2n) is 4.28. The molecule has 0 saturated carbocycles. The van der Waals surface area contributed by atoms with E-state index in [2.05, 4.69) is 12.7 Å². The van der Waals surface area contributed by atoms with E-state index in [0.29, 0.717) is 19.8 Å². The quantitative estimate of drug-likeness (QED) is 0.505. The second-order valence-corrected chi connectivity index (χ2v) is 4.28. The third kappa shape index (κ3) is 4.74. The standard InChI is InChI=1S/C17H24O3/c1-5-8-9-14-11-16(18-4)17(20-7-3)12-15(14)13-19-10-6-2/h5-6,8,11-12H,2,7,9-10,13H2,1,3-4H3/b8-5+. The molecule has 0 unspecified atom stereocenters. The molecule has 0 bridgehead atoms. The molecule has 0 amide bonds. The molecule has 1 rings (SSSR count). The lowest BCUT2D eigenvalue weighted by Crippen LogP contribution is -2.02. The normalized spacial score (nSPS) is 10.8. The zero-order valence-corrected chi connectivity index (χ0v) is 12.6. The first kappa shape index (κ1) is 16.3. The van der Waals surface area contributed by atoms with Gasteiger partial charge in [-0.1, -0.05) is 18.2 Å². The Balaban J connectivity index is 3.05. The number of benzene rings is 1. The maximum atomic E-state index is 5.62. The van der Waals surface area contributed by atoms with E-state index < -0.39 is 0 Å². The Hall–Kier alpha value is -1.74. The minimum absolute atomic E-state index is 0.541. The van der Waals surface area contributed by atoms with Gasteiger partial charge >= 0.3 is 0 Å². The number of rotatable bonds is 9. The molecule has 110 valence electrons. The van der Waals surface area contributed by atoms with E-state index in [9.17, 15) is 0 Å². The average Bonchev–Trinajstić information content (AvgIpc) is 2.46. The van der Waals surface area contributed by atoms with Crippen LogP contribution in [-0.2, 0) is 17.8 Å². The van der Waals surface area contributed by atoms with Gasteiger partial charge in [-0.05, 0) is 43.5 Å². The molecule has 0 aliphatic rings. The van der Waals surface area contributed by atoms with Crippen molar-refractivity contribution in [2.24, 2.45) is 0 Å². The Kier molecular flexibility index (Phi) is 7.51. The monoisotopic (exact) mass is 276 g/mol. The molecule has 0 N–H and O–H groups in total. The number of methoxy groups -OCH3 is 1. The van der Waals surface area contributed by atoms with Crippen LogP contribution in [0.3, 0.4) is 0 Å². The summed E-state index contributed by atoms with van der Waals surface area (Å²) in [7, 11) is 1.66. The van der Waals surface area contributed by atoms with Crippen molar-refractivity contribution < 1.29 is 14.2 Å². The first-order valence-electron chi connectivity index (χ1n) is 6.89. The number of hydrogen-bond acceptors (Lipinski definition) is 3. The van der Waals surface area contributed by atoms with Crippen molar-refractivity contribution >= 4 is 0 Å². The van der Waals surface area contributed by atoms with Gasteiger partial charge in [0, 0.05) is 0 Å². The van der Waals surface area contributed by atoms with Gasteiger partial charge in [-0.3, -0.25) is 0 Å². The number of hydrogen-bond donors (Lipinski definition) is 0. The van der Waals surface area contributed by atoms with Gasteiger partial charge in [0.05, 0.1) is 26.9 Å². The summed E-state index contributed by atoms with van der Waals surface area (Å²) < 4.78 is 16.6. The highest BCUT2D eigenvalue weighted by atomic mass is 16.5. The van der Waals surface area contributed by atoms with Crippen molar-refractivity contribution in [2.45, 2.75) is 26.9 Å². The minimum Gasteiger partial charge on any atom is -0.493 e. The van der Waals surface area contributed by atoms with Crippen LogP contribution in [0.2, 0.25) is 0 Å². The van der Waals surface area contributed by atoms with Crippen LogP contribution in [0.4, 0.5) is 0 Å². The fourth-order valence-electron chi connectivity index (χ4n) is 1.89. The van der Waals surface area contributed by atoms with Crippen LogP contribution in [0.25, 0.3) is 0 Å². The highest BCUT2D eigenvalue weighted by Gasteiger charge is 2.11. The molecule has 0 fully saturated rings. The fraction of sp³-hybridized carbons (Fsp3) is 0.412. The number of allylic oxidation sites excluding steroid dienone is 2. The molecule has 0 spiro atoms. The van der Waals surface area contributed by atoms with Crippen molar-refractivity contribution in [3.8, 4) is 11.5 Å². The molecule has 1 aromatic carbocycles. The molecule has 0 heterocycles. The van der Waals surface area contributed by atoms with Gasteiger partial charge in [-0.2, -0.15) is 0 Å². The lowest BCUT2D eigenvalue weighted by molar-refractivity contribution is 0.148. The first-order chi connectivity index (χ1) is 9.76. The summed E-state index contributed by atoms with van der Waals surface area (Å²) in [6, 6.07) is 4.03. The Morgan fingerprint density at radius 3 is 2.55 bits per heavy atom. The molecule has 0 aromatic heterocycles. The highest BCUT2D eigenvalue weighted by molar-refractivity contribution is 5.48. The Labute approximate surface area is 121 Å². The topological polar surface area (TPSA) is 27.7 Å². The summed E-state index contributed by atoms with van der Waals surface area (Å²) in [6.45, 7) is 9.32. The molecule has 3 heteroatoms. The van der Waals surface area contributed by atoms with E-state index in [1.807, 2.05) is 32.1 Å². The molecule has 0 saturated heterocycles. The first-order valence-corrected chi connectivity index (χ1v) is 6.89. The summed E-state index contributed by atoms with van der Waals surface area (Å²) in [4.78, 5) is 0. The van der Waals surface area contributed by atoms with Crippen molar-refractivity contribution in [2.75, 3.05) is 20.3 Å². The van der Waals surface area contributed by atoms with Gasteiger partial charge in [0.2, 0.25) is 0 Å². The molecule has 0 aliphatic heterocycles. The zero-order chi connectivity index (χ0) is 14.8.